The molecule has 60 valence electrons. The Balaban J connectivity index is 3.61. The number of rotatable bonds is 3. The molecule has 0 aromatic carbocycles. The van der Waals surface area contributed by atoms with Crippen LogP contribution in [0.5, 0.6) is 0 Å². The highest BCUT2D eigenvalue weighted by atomic mass is 16.7. The molecule has 0 radical (unpaired) electrons. The molecule has 10 heavy (non-hydrogen) atoms. The summed E-state index contributed by atoms with van der Waals surface area (Å²) in [4.78, 5) is 14.6. The SMILES string of the molecule is CC(NN(C)C)C(=O)ON. The van der Waals surface area contributed by atoms with E-state index in [0.29, 0.717) is 0 Å². The molecule has 0 amide bonds. The lowest BCUT2D eigenvalue weighted by atomic mass is 10.4. The van der Waals surface area contributed by atoms with Crippen LogP contribution in [0.1, 0.15) is 6.92 Å². The molecule has 0 bridgehead atoms. The van der Waals surface area contributed by atoms with Crippen molar-refractivity contribution in [2.75, 3.05) is 14.1 Å². The van der Waals surface area contributed by atoms with Gasteiger partial charge in [-0.05, 0) is 6.92 Å². The third kappa shape index (κ3) is 3.39. The molecule has 0 saturated carbocycles. The van der Waals surface area contributed by atoms with E-state index < -0.39 is 12.0 Å². The molecule has 0 aliphatic rings. The van der Waals surface area contributed by atoms with Crippen LogP contribution in [-0.2, 0) is 9.63 Å². The van der Waals surface area contributed by atoms with Crippen LogP contribution in [0.4, 0.5) is 0 Å². The number of nitrogens with zero attached hydrogens (tertiary/aromatic N) is 1. The number of carbonyl (C=O) groups excluding carboxylic acids is 1. The Bertz CT molecular complexity index is 115. The minimum absolute atomic E-state index is 0.403. The average molecular weight is 147 g/mol. The van der Waals surface area contributed by atoms with E-state index in [4.69, 9.17) is 0 Å². The highest BCUT2D eigenvalue weighted by Crippen LogP contribution is 1.83. The zero-order valence-corrected chi connectivity index (χ0v) is 6.42. The fourth-order valence-electron chi connectivity index (χ4n) is 0.542. The predicted octanol–water partition coefficient (Wildman–Crippen LogP) is -1.14. The van der Waals surface area contributed by atoms with Gasteiger partial charge in [0.2, 0.25) is 0 Å². The lowest BCUT2D eigenvalue weighted by molar-refractivity contribution is -0.147. The van der Waals surface area contributed by atoms with Gasteiger partial charge in [0.05, 0.1) is 0 Å². The van der Waals surface area contributed by atoms with Gasteiger partial charge in [0.25, 0.3) is 0 Å². The first kappa shape index (κ1) is 9.35. The Kier molecular flexibility index (Phi) is 3.94. The van der Waals surface area contributed by atoms with Crippen molar-refractivity contribution in [3.8, 4) is 0 Å². The van der Waals surface area contributed by atoms with Gasteiger partial charge >= 0.3 is 5.97 Å². The van der Waals surface area contributed by atoms with Crippen LogP contribution in [0.2, 0.25) is 0 Å². The summed E-state index contributed by atoms with van der Waals surface area (Å²) in [5.74, 6) is 4.16. The van der Waals surface area contributed by atoms with Crippen molar-refractivity contribution in [1.82, 2.24) is 10.4 Å². The molecular weight excluding hydrogens is 134 g/mol. The van der Waals surface area contributed by atoms with Crippen molar-refractivity contribution in [2.45, 2.75) is 13.0 Å². The maximum absolute atomic E-state index is 10.6. The molecule has 5 heteroatoms. The van der Waals surface area contributed by atoms with Gasteiger partial charge < -0.3 is 4.84 Å². The van der Waals surface area contributed by atoms with E-state index in [1.807, 2.05) is 0 Å². The highest BCUT2D eigenvalue weighted by Gasteiger charge is 2.12. The van der Waals surface area contributed by atoms with Crippen LogP contribution >= 0.6 is 0 Å². The number of hydrogen-bond donors (Lipinski definition) is 2. The Morgan fingerprint density at radius 1 is 1.70 bits per heavy atom. The third-order valence-corrected chi connectivity index (χ3v) is 0.922. The second-order valence-corrected chi connectivity index (χ2v) is 2.18. The van der Waals surface area contributed by atoms with Gasteiger partial charge in [-0.2, -0.15) is 5.90 Å². The summed E-state index contributed by atoms with van der Waals surface area (Å²) in [5, 5.41) is 1.65. The maximum atomic E-state index is 10.6. The molecule has 0 saturated heterocycles. The summed E-state index contributed by atoms with van der Waals surface area (Å²) >= 11 is 0. The van der Waals surface area contributed by atoms with E-state index in [9.17, 15) is 4.79 Å². The zero-order chi connectivity index (χ0) is 8.15. The van der Waals surface area contributed by atoms with Gasteiger partial charge in [-0.25, -0.2) is 15.2 Å². The van der Waals surface area contributed by atoms with Crippen molar-refractivity contribution in [3.63, 3.8) is 0 Å². The van der Waals surface area contributed by atoms with Crippen molar-refractivity contribution < 1.29 is 9.63 Å². The van der Waals surface area contributed by atoms with E-state index in [2.05, 4.69) is 16.2 Å². The molecule has 5 nitrogen and oxygen atoms in total. The van der Waals surface area contributed by atoms with E-state index in [1.165, 1.54) is 0 Å². The van der Waals surface area contributed by atoms with Crippen molar-refractivity contribution in [2.24, 2.45) is 5.90 Å². The fraction of sp³-hybridized carbons (Fsp3) is 0.800. The maximum Gasteiger partial charge on any atom is 0.342 e. The summed E-state index contributed by atoms with van der Waals surface area (Å²) in [6.07, 6.45) is 0. The van der Waals surface area contributed by atoms with E-state index in [0.717, 1.165) is 0 Å². The fourth-order valence-corrected chi connectivity index (χ4v) is 0.542. The second-order valence-electron chi connectivity index (χ2n) is 2.18. The Labute approximate surface area is 60.0 Å². The minimum Gasteiger partial charge on any atom is -0.372 e. The summed E-state index contributed by atoms with van der Waals surface area (Å²) < 4.78 is 0. The molecule has 0 aliphatic carbocycles. The highest BCUT2D eigenvalue weighted by molar-refractivity contribution is 5.74. The number of nitrogens with one attached hydrogen (secondary N) is 1. The molecule has 3 N–H and O–H groups in total. The minimum atomic E-state index is -0.478. The Morgan fingerprint density at radius 3 is 2.50 bits per heavy atom. The average Bonchev–Trinajstić information content (AvgIpc) is 1.85. The summed E-state index contributed by atoms with van der Waals surface area (Å²) in [6.45, 7) is 1.66. The van der Waals surface area contributed by atoms with E-state index in [1.54, 1.807) is 26.0 Å². The lowest BCUT2D eigenvalue weighted by Crippen LogP contribution is -2.44. The number of hydrogen-bond acceptors (Lipinski definition) is 5. The number of hydrazine groups is 1. The van der Waals surface area contributed by atoms with Gasteiger partial charge in [0, 0.05) is 14.1 Å². The molecule has 0 aromatic heterocycles. The predicted molar refractivity (Wildman–Crippen MR) is 36.6 cm³/mol. The smallest absolute Gasteiger partial charge is 0.342 e. The number of nitrogens with two attached hydrogens (primary N) is 1. The number of carbonyl (C=O) groups is 1. The van der Waals surface area contributed by atoms with Crippen LogP contribution < -0.4 is 11.3 Å². The molecule has 0 heterocycles. The zero-order valence-electron chi connectivity index (χ0n) is 6.42. The molecule has 0 aliphatic heterocycles. The van der Waals surface area contributed by atoms with Gasteiger partial charge in [-0.15, -0.1) is 0 Å². The molecule has 1 unspecified atom stereocenters. The van der Waals surface area contributed by atoms with Crippen molar-refractivity contribution >= 4 is 5.97 Å². The van der Waals surface area contributed by atoms with Crippen LogP contribution in [0.15, 0.2) is 0 Å². The first-order chi connectivity index (χ1) is 4.57. The Hall–Kier alpha value is -0.650. The van der Waals surface area contributed by atoms with Gasteiger partial charge in [0.1, 0.15) is 6.04 Å². The molecule has 0 rings (SSSR count). The normalized spacial score (nSPS) is 13.3. The van der Waals surface area contributed by atoms with Gasteiger partial charge in [0.15, 0.2) is 0 Å². The third-order valence-electron chi connectivity index (χ3n) is 0.922. The summed E-state index contributed by atoms with van der Waals surface area (Å²) in [6, 6.07) is -0.403. The monoisotopic (exact) mass is 147 g/mol. The first-order valence-electron chi connectivity index (χ1n) is 2.92. The largest absolute Gasteiger partial charge is 0.372 e. The van der Waals surface area contributed by atoms with E-state index >= 15 is 0 Å². The Morgan fingerprint density at radius 2 is 2.20 bits per heavy atom. The standard InChI is InChI=1S/C5H13N3O2/c1-4(5(9)10-6)7-8(2)3/h4,7H,6H2,1-3H3. The van der Waals surface area contributed by atoms with Crippen LogP contribution in [0, 0.1) is 0 Å². The van der Waals surface area contributed by atoms with Crippen LogP contribution in [-0.4, -0.2) is 31.1 Å². The van der Waals surface area contributed by atoms with Crippen molar-refractivity contribution in [1.29, 1.82) is 0 Å². The van der Waals surface area contributed by atoms with E-state index in [-0.39, 0.29) is 0 Å². The van der Waals surface area contributed by atoms with Crippen molar-refractivity contribution in [3.05, 3.63) is 0 Å². The molecular formula is C5H13N3O2. The first-order valence-corrected chi connectivity index (χ1v) is 2.92. The lowest BCUT2D eigenvalue weighted by Gasteiger charge is -2.16. The van der Waals surface area contributed by atoms with Crippen LogP contribution in [0.25, 0.3) is 0 Å². The molecule has 0 aromatic rings. The topological polar surface area (TPSA) is 67.6 Å². The second kappa shape index (κ2) is 4.21. The molecule has 0 fully saturated rings. The summed E-state index contributed by atoms with van der Waals surface area (Å²) in [5.41, 5.74) is 2.77. The summed E-state index contributed by atoms with van der Waals surface area (Å²) in [7, 11) is 3.56. The quantitative estimate of drug-likeness (QED) is 0.494. The van der Waals surface area contributed by atoms with Gasteiger partial charge in [-0.3, -0.25) is 0 Å². The molecule has 0 spiro atoms. The molecule has 1 atom stereocenters. The van der Waals surface area contributed by atoms with Gasteiger partial charge in [-0.1, -0.05) is 0 Å². The van der Waals surface area contributed by atoms with Crippen LogP contribution in [0.3, 0.4) is 0 Å².